The Kier molecular flexibility index (Phi) is 4.12. The fourth-order valence-electron chi connectivity index (χ4n) is 0.957. The van der Waals surface area contributed by atoms with Gasteiger partial charge in [0.2, 0.25) is 0 Å². The van der Waals surface area contributed by atoms with Crippen LogP contribution in [0.5, 0.6) is 0 Å². The van der Waals surface area contributed by atoms with E-state index in [2.05, 4.69) is 11.9 Å². The number of amides is 1. The maximum absolute atomic E-state index is 13.1. The van der Waals surface area contributed by atoms with Crippen LogP contribution in [0.4, 0.5) is 4.39 Å². The topological polar surface area (TPSA) is 29.1 Å². The molecule has 0 spiro atoms. The number of carbonyl (C=O) groups excluding carboxylic acids is 1. The van der Waals surface area contributed by atoms with Crippen molar-refractivity contribution in [2.75, 3.05) is 6.54 Å². The van der Waals surface area contributed by atoms with Gasteiger partial charge in [0.05, 0.1) is 15.6 Å². The largest absolute Gasteiger partial charge is 0.349 e. The molecule has 1 amide bonds. The summed E-state index contributed by atoms with van der Waals surface area (Å²) in [7, 11) is 0. The molecule has 1 N–H and O–H groups in total. The van der Waals surface area contributed by atoms with Gasteiger partial charge >= 0.3 is 0 Å². The molecule has 0 aromatic heterocycles. The molecular formula is C10H8Cl2FNO. The first-order valence-corrected chi connectivity index (χ1v) is 4.85. The minimum Gasteiger partial charge on any atom is -0.349 e. The Hall–Kier alpha value is -1.06. The van der Waals surface area contributed by atoms with Gasteiger partial charge < -0.3 is 5.32 Å². The average Bonchev–Trinajstić information content (AvgIpc) is 2.20. The molecule has 0 saturated heterocycles. The van der Waals surface area contributed by atoms with E-state index >= 15 is 0 Å². The van der Waals surface area contributed by atoms with Crippen LogP contribution in [0.15, 0.2) is 24.8 Å². The van der Waals surface area contributed by atoms with E-state index in [1.165, 1.54) is 12.1 Å². The number of rotatable bonds is 3. The monoisotopic (exact) mass is 247 g/mol. The molecule has 2 nitrogen and oxygen atoms in total. The summed E-state index contributed by atoms with van der Waals surface area (Å²) in [6.07, 6.45) is 1.51. The van der Waals surface area contributed by atoms with Crippen molar-refractivity contribution in [3.8, 4) is 0 Å². The molecule has 0 aliphatic rings. The van der Waals surface area contributed by atoms with Crippen LogP contribution < -0.4 is 5.32 Å². The molecule has 5 heteroatoms. The Labute approximate surface area is 96.7 Å². The van der Waals surface area contributed by atoms with Crippen LogP contribution in [0.2, 0.25) is 10.0 Å². The van der Waals surface area contributed by atoms with Gasteiger partial charge in [-0.15, -0.1) is 6.58 Å². The van der Waals surface area contributed by atoms with Crippen LogP contribution >= 0.6 is 23.2 Å². The van der Waals surface area contributed by atoms with Gasteiger partial charge in [-0.3, -0.25) is 4.79 Å². The van der Waals surface area contributed by atoms with Gasteiger partial charge in [0.15, 0.2) is 0 Å². The molecule has 15 heavy (non-hydrogen) atoms. The predicted octanol–water partition coefficient (Wildman–Crippen LogP) is 3.05. The lowest BCUT2D eigenvalue weighted by Crippen LogP contribution is -2.23. The van der Waals surface area contributed by atoms with Crippen molar-refractivity contribution < 1.29 is 9.18 Å². The van der Waals surface area contributed by atoms with Crippen LogP contribution in [0, 0.1) is 5.82 Å². The number of hydrogen-bond acceptors (Lipinski definition) is 1. The zero-order valence-corrected chi connectivity index (χ0v) is 9.20. The molecule has 1 aromatic rings. The highest BCUT2D eigenvalue weighted by atomic mass is 35.5. The zero-order valence-electron chi connectivity index (χ0n) is 7.69. The molecular weight excluding hydrogens is 240 g/mol. The number of carbonyl (C=O) groups is 1. The SMILES string of the molecule is C=CCNC(=O)c1cc(F)c(Cl)cc1Cl. The van der Waals surface area contributed by atoms with E-state index in [-0.39, 0.29) is 15.6 Å². The van der Waals surface area contributed by atoms with E-state index in [9.17, 15) is 9.18 Å². The van der Waals surface area contributed by atoms with E-state index < -0.39 is 11.7 Å². The van der Waals surface area contributed by atoms with Gasteiger partial charge in [0.25, 0.3) is 5.91 Å². The third-order valence-electron chi connectivity index (χ3n) is 1.66. The minimum absolute atomic E-state index is 0.0559. The minimum atomic E-state index is -0.676. The molecule has 0 fully saturated rings. The summed E-state index contributed by atoms with van der Waals surface area (Å²) in [5, 5.41) is 2.49. The van der Waals surface area contributed by atoms with Crippen LogP contribution in [0.25, 0.3) is 0 Å². The molecule has 0 radical (unpaired) electrons. The van der Waals surface area contributed by atoms with Gasteiger partial charge in [-0.2, -0.15) is 0 Å². The van der Waals surface area contributed by atoms with E-state index in [0.29, 0.717) is 6.54 Å². The average molecular weight is 248 g/mol. The van der Waals surface area contributed by atoms with Gasteiger partial charge in [-0.1, -0.05) is 29.3 Å². The lowest BCUT2D eigenvalue weighted by molar-refractivity contribution is 0.0957. The lowest BCUT2D eigenvalue weighted by atomic mass is 10.2. The van der Waals surface area contributed by atoms with Crippen LogP contribution in [-0.4, -0.2) is 12.5 Å². The number of nitrogens with one attached hydrogen (secondary N) is 1. The Morgan fingerprint density at radius 2 is 2.13 bits per heavy atom. The van der Waals surface area contributed by atoms with E-state index in [0.717, 1.165) is 6.07 Å². The quantitative estimate of drug-likeness (QED) is 0.646. The summed E-state index contributed by atoms with van der Waals surface area (Å²) in [6, 6.07) is 2.20. The van der Waals surface area contributed by atoms with E-state index in [1.54, 1.807) is 0 Å². The molecule has 0 unspecified atom stereocenters. The first kappa shape index (κ1) is 12.0. The number of halogens is 3. The first-order chi connectivity index (χ1) is 7.06. The highest BCUT2D eigenvalue weighted by Gasteiger charge is 2.13. The van der Waals surface area contributed by atoms with Crippen molar-refractivity contribution in [2.24, 2.45) is 0 Å². The molecule has 0 heterocycles. The van der Waals surface area contributed by atoms with Crippen molar-refractivity contribution >= 4 is 29.1 Å². The normalized spacial score (nSPS) is 9.80. The van der Waals surface area contributed by atoms with Crippen LogP contribution in [0.3, 0.4) is 0 Å². The summed E-state index contributed by atoms with van der Waals surface area (Å²) >= 11 is 11.2. The molecule has 0 saturated carbocycles. The van der Waals surface area contributed by atoms with Gasteiger partial charge in [-0.05, 0) is 12.1 Å². The maximum atomic E-state index is 13.1. The molecule has 1 rings (SSSR count). The molecule has 0 aliphatic heterocycles. The third-order valence-corrected chi connectivity index (χ3v) is 2.26. The van der Waals surface area contributed by atoms with Crippen molar-refractivity contribution in [3.05, 3.63) is 46.2 Å². The van der Waals surface area contributed by atoms with Crippen molar-refractivity contribution in [2.45, 2.75) is 0 Å². The predicted molar refractivity (Wildman–Crippen MR) is 59.0 cm³/mol. The summed E-state index contributed by atoms with van der Waals surface area (Å²) in [6.45, 7) is 3.73. The van der Waals surface area contributed by atoms with E-state index in [4.69, 9.17) is 23.2 Å². The Balaban J connectivity index is 2.98. The number of hydrogen-bond donors (Lipinski definition) is 1. The standard InChI is InChI=1S/C10H8Cl2FNO/c1-2-3-14-10(15)6-4-9(13)8(12)5-7(6)11/h2,4-5H,1,3H2,(H,14,15). The fourth-order valence-corrected chi connectivity index (χ4v) is 1.43. The summed E-state index contributed by atoms with van der Waals surface area (Å²) in [5.41, 5.74) is 0.0559. The molecule has 0 bridgehead atoms. The van der Waals surface area contributed by atoms with Gasteiger partial charge in [0.1, 0.15) is 5.82 Å². The molecule has 0 aliphatic carbocycles. The number of benzene rings is 1. The zero-order chi connectivity index (χ0) is 11.4. The van der Waals surface area contributed by atoms with Gasteiger partial charge in [0, 0.05) is 6.54 Å². The van der Waals surface area contributed by atoms with Crippen molar-refractivity contribution in [1.29, 1.82) is 0 Å². The highest BCUT2D eigenvalue weighted by Crippen LogP contribution is 2.24. The van der Waals surface area contributed by atoms with Crippen LogP contribution in [-0.2, 0) is 0 Å². The first-order valence-electron chi connectivity index (χ1n) is 4.10. The second kappa shape index (κ2) is 5.14. The van der Waals surface area contributed by atoms with Crippen LogP contribution in [0.1, 0.15) is 10.4 Å². The van der Waals surface area contributed by atoms with E-state index in [1.807, 2.05) is 0 Å². The second-order valence-electron chi connectivity index (χ2n) is 2.74. The van der Waals surface area contributed by atoms with Crippen molar-refractivity contribution in [1.82, 2.24) is 5.32 Å². The lowest BCUT2D eigenvalue weighted by Gasteiger charge is -2.05. The Bertz CT molecular complexity index is 407. The highest BCUT2D eigenvalue weighted by molar-refractivity contribution is 6.36. The maximum Gasteiger partial charge on any atom is 0.253 e. The molecule has 80 valence electrons. The smallest absolute Gasteiger partial charge is 0.253 e. The summed E-state index contributed by atoms with van der Waals surface area (Å²) in [4.78, 5) is 11.4. The fraction of sp³-hybridized carbons (Fsp3) is 0.100. The van der Waals surface area contributed by atoms with Crippen molar-refractivity contribution in [3.63, 3.8) is 0 Å². The Morgan fingerprint density at radius 1 is 1.47 bits per heavy atom. The second-order valence-corrected chi connectivity index (χ2v) is 3.56. The summed E-state index contributed by atoms with van der Waals surface area (Å²) in [5.74, 6) is -1.14. The van der Waals surface area contributed by atoms with Gasteiger partial charge in [-0.25, -0.2) is 4.39 Å². The third kappa shape index (κ3) is 2.94. The summed E-state index contributed by atoms with van der Waals surface area (Å²) < 4.78 is 13.1. The Morgan fingerprint density at radius 3 is 2.73 bits per heavy atom. The molecule has 0 atom stereocenters. The molecule has 1 aromatic carbocycles.